The second-order valence-corrected chi connectivity index (χ2v) is 18.3. The molecule has 0 aromatic rings. The fourth-order valence-electron chi connectivity index (χ4n) is 9.16. The van der Waals surface area contributed by atoms with Crippen LogP contribution in [0, 0.1) is 0 Å². The first kappa shape index (κ1) is 59.9. The molecule has 0 saturated carbocycles. The quantitative estimate of drug-likeness (QED) is 0.0399. The molecule has 0 aromatic carbocycles. The van der Waals surface area contributed by atoms with Gasteiger partial charge in [-0.3, -0.25) is 9.59 Å². The summed E-state index contributed by atoms with van der Waals surface area (Å²) in [7, 11) is 1.20. The van der Waals surface area contributed by atoms with E-state index in [0.29, 0.717) is 6.42 Å². The van der Waals surface area contributed by atoms with Crippen LogP contribution < -0.4 is 10.6 Å². The predicted molar refractivity (Wildman–Crippen MR) is 232 cm³/mol. The minimum absolute atomic E-state index is 0.0643. The summed E-state index contributed by atoms with van der Waals surface area (Å²) >= 11 is 0. The van der Waals surface area contributed by atoms with Crippen LogP contribution in [0.4, 0.5) is 0 Å². The maximum absolute atomic E-state index is 12.2. The molecule has 5 heterocycles. The zero-order valence-corrected chi connectivity index (χ0v) is 40.0. The molecular weight excluding hydrogens is 960 g/mol. The lowest BCUT2D eigenvalue weighted by atomic mass is 9.95. The SMILES string of the molecule is CCCCCCCCO[C@@H]1O[C@H](CO[C@H]2O[C@H](CO)[C@@H](O)[C@H](O)[C@@H]2O[C@@H]2O[C@H](CO)[C@@H](O)[C@H](O)[C@H]2NC(C)=O)[C@@H](OC)[C@H](O[C@H]2O[C@H](CO)[C@@H](O)[C@H](O)[C@@H]2O[C@@H]2O[C@H](CO)[C@@H](O)[C@H](O)[C@H]2NC(C)=O)[C@@H]1O. The molecule has 5 aliphatic rings. The van der Waals surface area contributed by atoms with Gasteiger partial charge in [-0.1, -0.05) is 39.0 Å². The monoisotopic (exact) mass is 1040 g/mol. The normalized spacial score (nSPS) is 44.3. The van der Waals surface area contributed by atoms with E-state index in [2.05, 4.69) is 17.6 Å². The van der Waals surface area contributed by atoms with E-state index in [1.165, 1.54) is 7.11 Å². The summed E-state index contributed by atoms with van der Waals surface area (Å²) in [5.74, 6) is -1.40. The Kier molecular flexibility index (Phi) is 23.8. The lowest BCUT2D eigenvalue weighted by molar-refractivity contribution is -0.388. The molecule has 25 atom stereocenters. The number of aliphatic hydroxyl groups is 13. The molecule has 28 heteroatoms. The lowest BCUT2D eigenvalue weighted by Crippen LogP contribution is -2.69. The number of amides is 2. The number of carbonyl (C=O) groups excluding carboxylic acids is 2. The van der Waals surface area contributed by atoms with E-state index in [0.717, 1.165) is 46.0 Å². The minimum Gasteiger partial charge on any atom is -0.394 e. The summed E-state index contributed by atoms with van der Waals surface area (Å²) in [4.78, 5) is 24.4. The van der Waals surface area contributed by atoms with Crippen molar-refractivity contribution in [2.75, 3.05) is 46.8 Å². The third-order valence-electron chi connectivity index (χ3n) is 13.1. The number of hydrogen-bond acceptors (Lipinski definition) is 26. The molecule has 0 spiro atoms. The molecule has 0 aromatic heterocycles. The Morgan fingerprint density at radius 2 is 0.831 bits per heavy atom. The molecule has 5 aliphatic heterocycles. The van der Waals surface area contributed by atoms with Crippen LogP contribution in [0.15, 0.2) is 0 Å². The van der Waals surface area contributed by atoms with Crippen molar-refractivity contribution in [3.8, 4) is 0 Å². The van der Waals surface area contributed by atoms with Crippen molar-refractivity contribution in [2.24, 2.45) is 0 Å². The number of rotatable bonds is 24. The predicted octanol–water partition coefficient (Wildman–Crippen LogP) is -7.60. The van der Waals surface area contributed by atoms with Crippen LogP contribution in [0.2, 0.25) is 0 Å². The van der Waals surface area contributed by atoms with Crippen LogP contribution >= 0.6 is 0 Å². The number of hydrogen-bond donors (Lipinski definition) is 15. The molecule has 0 radical (unpaired) electrons. The van der Waals surface area contributed by atoms with E-state index in [1.807, 2.05) is 0 Å². The highest BCUT2D eigenvalue weighted by Gasteiger charge is 2.56. The zero-order valence-electron chi connectivity index (χ0n) is 40.0. The van der Waals surface area contributed by atoms with Crippen LogP contribution in [0.3, 0.4) is 0 Å². The van der Waals surface area contributed by atoms with E-state index in [-0.39, 0.29) is 6.61 Å². The highest BCUT2D eigenvalue weighted by Crippen LogP contribution is 2.36. The van der Waals surface area contributed by atoms with Crippen molar-refractivity contribution in [3.63, 3.8) is 0 Å². The third-order valence-corrected chi connectivity index (χ3v) is 13.1. The van der Waals surface area contributed by atoms with Crippen LogP contribution in [-0.2, 0) is 61.7 Å². The van der Waals surface area contributed by atoms with Gasteiger partial charge in [0.25, 0.3) is 0 Å². The Labute approximate surface area is 409 Å². The van der Waals surface area contributed by atoms with Crippen molar-refractivity contribution >= 4 is 11.8 Å². The van der Waals surface area contributed by atoms with Crippen LogP contribution in [0.25, 0.3) is 0 Å². The summed E-state index contributed by atoms with van der Waals surface area (Å²) in [6.07, 6.45) is -33.8. The van der Waals surface area contributed by atoms with Crippen molar-refractivity contribution in [3.05, 3.63) is 0 Å². The largest absolute Gasteiger partial charge is 0.394 e. The van der Waals surface area contributed by atoms with Crippen molar-refractivity contribution < 1.29 is 128 Å². The van der Waals surface area contributed by atoms with E-state index in [4.69, 9.17) is 52.1 Å². The molecule has 0 unspecified atom stereocenters. The first-order chi connectivity index (χ1) is 33.8. The van der Waals surface area contributed by atoms with E-state index >= 15 is 0 Å². The standard InChI is InChI=1S/C43H76N2O26/c1-5-6-7-8-9-10-11-62-41-34(60)36(69-43-38(33(59)29(55)22(15-49)67-43)71-40-25(45-18(3)51)31(57)27(53)20(13-47)65-40)35(61-4)23(68-41)16-63-42-37(32(58)28(54)21(14-48)66-42)70-39-24(44-17(2)50)30(56)26(52)19(12-46)64-39/h19-43,46-49,52-60H,5-16H2,1-4H3,(H,44,50)(H,45,51)/t19-,20-,21-,22-,23-,24-,25-,26-,27-,28-,29-,30-,31-,32+,33+,34+,35-,36-,37+,38+,39+,40+,41-,42+,43-/m1/s1. The van der Waals surface area contributed by atoms with Gasteiger partial charge in [0.2, 0.25) is 11.8 Å². The molecule has 0 bridgehead atoms. The first-order valence-electron chi connectivity index (χ1n) is 24.0. The minimum atomic E-state index is -1.99. The van der Waals surface area contributed by atoms with E-state index in [1.54, 1.807) is 0 Å². The van der Waals surface area contributed by atoms with E-state index in [9.17, 15) is 76.0 Å². The molecule has 0 aliphatic carbocycles. The van der Waals surface area contributed by atoms with Crippen molar-refractivity contribution in [1.29, 1.82) is 0 Å². The van der Waals surface area contributed by atoms with Gasteiger partial charge in [-0.25, -0.2) is 0 Å². The topological polar surface area (TPSA) is 423 Å². The number of nitrogens with one attached hydrogen (secondary N) is 2. The Morgan fingerprint density at radius 3 is 1.28 bits per heavy atom. The highest BCUT2D eigenvalue weighted by molar-refractivity contribution is 5.73. The second kappa shape index (κ2) is 28.2. The van der Waals surface area contributed by atoms with Gasteiger partial charge >= 0.3 is 0 Å². The number of aliphatic hydroxyl groups excluding tert-OH is 13. The van der Waals surface area contributed by atoms with Gasteiger partial charge in [0.15, 0.2) is 31.5 Å². The zero-order chi connectivity index (χ0) is 52.3. The second-order valence-electron chi connectivity index (χ2n) is 18.3. The molecule has 5 fully saturated rings. The van der Waals surface area contributed by atoms with Gasteiger partial charge in [0, 0.05) is 27.6 Å². The fourth-order valence-corrected chi connectivity index (χ4v) is 9.16. The van der Waals surface area contributed by atoms with Crippen molar-refractivity contribution in [2.45, 2.75) is 213 Å². The van der Waals surface area contributed by atoms with Gasteiger partial charge in [0.05, 0.1) is 33.0 Å². The Bertz CT molecular complexity index is 1600. The Balaban J connectivity index is 1.45. The molecular formula is C43H76N2O26. The average molecular weight is 1040 g/mol. The number of ether oxygens (including phenoxy) is 11. The summed E-state index contributed by atoms with van der Waals surface area (Å²) in [5, 5.41) is 145. The van der Waals surface area contributed by atoms with Gasteiger partial charge in [-0.2, -0.15) is 0 Å². The summed E-state index contributed by atoms with van der Waals surface area (Å²) in [6, 6.07) is -3.05. The Morgan fingerprint density at radius 1 is 0.437 bits per heavy atom. The molecule has 71 heavy (non-hydrogen) atoms. The van der Waals surface area contributed by atoms with Crippen LogP contribution in [-0.4, -0.2) is 278 Å². The molecule has 2 amide bonds. The molecule has 5 rings (SSSR count). The highest BCUT2D eigenvalue weighted by atomic mass is 16.8. The third kappa shape index (κ3) is 14.7. The number of unbranched alkanes of at least 4 members (excludes halogenated alkanes) is 5. The average Bonchev–Trinajstić information content (AvgIpc) is 3.34. The summed E-state index contributed by atoms with van der Waals surface area (Å²) in [5.41, 5.74) is 0. The van der Waals surface area contributed by atoms with Crippen molar-refractivity contribution in [1.82, 2.24) is 10.6 Å². The lowest BCUT2D eigenvalue weighted by Gasteiger charge is -2.50. The number of methoxy groups -OCH3 is 1. The van der Waals surface area contributed by atoms with Gasteiger partial charge in [-0.15, -0.1) is 0 Å². The fraction of sp³-hybridized carbons (Fsp3) is 0.953. The smallest absolute Gasteiger partial charge is 0.217 e. The maximum atomic E-state index is 12.2. The molecule has 414 valence electrons. The van der Waals surface area contributed by atoms with Gasteiger partial charge < -0.3 is 129 Å². The van der Waals surface area contributed by atoms with Gasteiger partial charge in [-0.05, 0) is 6.42 Å². The Hall–Kier alpha value is -2.02. The molecule has 15 N–H and O–H groups in total. The summed E-state index contributed by atoms with van der Waals surface area (Å²) in [6.45, 7) is 0.346. The van der Waals surface area contributed by atoms with Crippen LogP contribution in [0.1, 0.15) is 59.3 Å². The van der Waals surface area contributed by atoms with E-state index < -0.39 is 198 Å². The van der Waals surface area contributed by atoms with Gasteiger partial charge in [0.1, 0.15) is 122 Å². The van der Waals surface area contributed by atoms with Crippen LogP contribution in [0.5, 0.6) is 0 Å². The molecule has 28 nitrogen and oxygen atoms in total. The summed E-state index contributed by atoms with van der Waals surface area (Å²) < 4.78 is 65.8. The maximum Gasteiger partial charge on any atom is 0.217 e. The molecule has 5 saturated heterocycles. The number of carbonyl (C=O) groups is 2. The first-order valence-corrected chi connectivity index (χ1v) is 24.0.